The van der Waals surface area contributed by atoms with Crippen LogP contribution in [-0.4, -0.2) is 50.0 Å². The summed E-state index contributed by atoms with van der Waals surface area (Å²) >= 11 is 0. The van der Waals surface area contributed by atoms with Crippen molar-refractivity contribution >= 4 is 27.5 Å². The third kappa shape index (κ3) is 8.32. The molecule has 0 radical (unpaired) electrons. The van der Waals surface area contributed by atoms with Gasteiger partial charge in [-0.2, -0.15) is 0 Å². The molecule has 0 aliphatic rings. The van der Waals surface area contributed by atoms with E-state index < -0.39 is 28.5 Å². The van der Waals surface area contributed by atoms with E-state index in [1.54, 1.807) is 12.1 Å². The molecule has 0 aliphatic heterocycles. The average Bonchev–Trinajstić information content (AvgIpc) is 2.82. The summed E-state index contributed by atoms with van der Waals surface area (Å²) in [6.45, 7) is 13.8. The van der Waals surface area contributed by atoms with Crippen molar-refractivity contribution in [1.82, 2.24) is 10.2 Å². The van der Waals surface area contributed by atoms with E-state index in [1.165, 1.54) is 4.90 Å². The summed E-state index contributed by atoms with van der Waals surface area (Å²) in [7, 11) is -3.77. The maximum Gasteiger partial charge on any atom is 0.244 e. The Bertz CT molecular complexity index is 1170. The first-order valence-corrected chi connectivity index (χ1v) is 14.8. The molecule has 2 aromatic rings. The number of carbonyl (C=O) groups excluding carboxylic acids is 2. The van der Waals surface area contributed by atoms with E-state index in [1.807, 2.05) is 64.1 Å². The normalized spacial score (nSPS) is 13.5. The highest BCUT2D eigenvalue weighted by atomic mass is 32.2. The first-order chi connectivity index (χ1) is 17.2. The number of amides is 2. The average molecular weight is 530 g/mol. The summed E-state index contributed by atoms with van der Waals surface area (Å²) in [5.41, 5.74) is 3.29. The van der Waals surface area contributed by atoms with E-state index in [-0.39, 0.29) is 23.9 Å². The van der Waals surface area contributed by atoms with Gasteiger partial charge in [0.15, 0.2) is 0 Å². The standard InChI is InChI=1S/C29H43N3O4S/c1-9-22(4)30-28(34)26(10-2)31(19-23-14-12-11-13-21(23)3)27(33)20-32(37(8,35)36)25-17-15-24(16-18-25)29(5,6)7/h11-18,22,26H,9-10,19-20H2,1-8H3,(H,30,34). The zero-order chi connectivity index (χ0) is 28.0. The number of anilines is 1. The van der Waals surface area contributed by atoms with E-state index in [9.17, 15) is 18.0 Å². The van der Waals surface area contributed by atoms with E-state index in [0.29, 0.717) is 12.1 Å². The maximum atomic E-state index is 13.8. The molecule has 0 saturated carbocycles. The van der Waals surface area contributed by atoms with Gasteiger partial charge >= 0.3 is 0 Å². The van der Waals surface area contributed by atoms with Crippen LogP contribution < -0.4 is 9.62 Å². The minimum atomic E-state index is -3.77. The smallest absolute Gasteiger partial charge is 0.244 e. The van der Waals surface area contributed by atoms with Crippen LogP contribution in [0.25, 0.3) is 0 Å². The lowest BCUT2D eigenvalue weighted by Gasteiger charge is -2.33. The monoisotopic (exact) mass is 529 g/mol. The zero-order valence-corrected chi connectivity index (χ0v) is 24.4. The van der Waals surface area contributed by atoms with Gasteiger partial charge in [0, 0.05) is 12.6 Å². The van der Waals surface area contributed by atoms with Crippen LogP contribution in [-0.2, 0) is 31.6 Å². The molecule has 2 aromatic carbocycles. The van der Waals surface area contributed by atoms with Crippen LogP contribution in [0, 0.1) is 6.92 Å². The summed E-state index contributed by atoms with van der Waals surface area (Å²) in [5, 5.41) is 2.99. The molecule has 204 valence electrons. The SMILES string of the molecule is CCC(C)NC(=O)C(CC)N(Cc1ccccc1C)C(=O)CN(c1ccc(C(C)(C)C)cc1)S(C)(=O)=O. The van der Waals surface area contributed by atoms with Gasteiger partial charge in [-0.1, -0.05) is 71.0 Å². The predicted octanol–water partition coefficient (Wildman–Crippen LogP) is 4.78. The van der Waals surface area contributed by atoms with Crippen molar-refractivity contribution in [3.05, 3.63) is 65.2 Å². The summed E-state index contributed by atoms with van der Waals surface area (Å²) in [6.07, 6.45) is 2.26. The minimum absolute atomic E-state index is 0.0363. The Balaban J connectivity index is 2.46. The molecule has 2 unspecified atom stereocenters. The molecule has 0 spiro atoms. The number of nitrogens with zero attached hydrogens (tertiary/aromatic N) is 2. The Morgan fingerprint density at radius 2 is 1.57 bits per heavy atom. The largest absolute Gasteiger partial charge is 0.352 e. The lowest BCUT2D eigenvalue weighted by atomic mass is 9.87. The lowest BCUT2D eigenvalue weighted by molar-refractivity contribution is -0.140. The molecule has 7 nitrogen and oxygen atoms in total. The highest BCUT2D eigenvalue weighted by Gasteiger charge is 2.32. The highest BCUT2D eigenvalue weighted by molar-refractivity contribution is 7.92. The quantitative estimate of drug-likeness (QED) is 0.454. The third-order valence-corrected chi connectivity index (χ3v) is 7.83. The number of hydrogen-bond donors (Lipinski definition) is 1. The first-order valence-electron chi connectivity index (χ1n) is 12.9. The number of nitrogens with one attached hydrogen (secondary N) is 1. The van der Waals surface area contributed by atoms with Gasteiger partial charge in [-0.25, -0.2) is 8.42 Å². The molecule has 2 amide bonds. The molecule has 0 aliphatic carbocycles. The van der Waals surface area contributed by atoms with Gasteiger partial charge in [-0.15, -0.1) is 0 Å². The van der Waals surface area contributed by atoms with Gasteiger partial charge in [0.1, 0.15) is 12.6 Å². The van der Waals surface area contributed by atoms with E-state index >= 15 is 0 Å². The topological polar surface area (TPSA) is 86.8 Å². The Morgan fingerprint density at radius 1 is 0.973 bits per heavy atom. The lowest BCUT2D eigenvalue weighted by Crippen LogP contribution is -2.53. The van der Waals surface area contributed by atoms with Crippen LogP contribution in [0.15, 0.2) is 48.5 Å². The van der Waals surface area contributed by atoms with Crippen molar-refractivity contribution < 1.29 is 18.0 Å². The van der Waals surface area contributed by atoms with Crippen molar-refractivity contribution in [2.24, 2.45) is 0 Å². The molecule has 1 N–H and O–H groups in total. The van der Waals surface area contributed by atoms with Gasteiger partial charge in [0.05, 0.1) is 11.9 Å². The number of benzene rings is 2. The number of carbonyl (C=O) groups is 2. The van der Waals surface area contributed by atoms with Gasteiger partial charge in [-0.3, -0.25) is 13.9 Å². The predicted molar refractivity (Wildman–Crippen MR) is 151 cm³/mol. The molecule has 0 fully saturated rings. The fraction of sp³-hybridized carbons (Fsp3) is 0.517. The number of sulfonamides is 1. The van der Waals surface area contributed by atoms with Crippen LogP contribution in [0.5, 0.6) is 0 Å². The third-order valence-electron chi connectivity index (χ3n) is 6.69. The molecule has 0 heterocycles. The van der Waals surface area contributed by atoms with Crippen LogP contribution in [0.1, 0.15) is 71.1 Å². The second kappa shape index (κ2) is 12.6. The van der Waals surface area contributed by atoms with Crippen molar-refractivity contribution in [2.75, 3.05) is 17.1 Å². The van der Waals surface area contributed by atoms with Crippen molar-refractivity contribution in [2.45, 2.75) is 85.4 Å². The molecular formula is C29H43N3O4S. The zero-order valence-electron chi connectivity index (χ0n) is 23.5. The van der Waals surface area contributed by atoms with Crippen molar-refractivity contribution in [1.29, 1.82) is 0 Å². The second-order valence-corrected chi connectivity index (χ2v) is 12.7. The highest BCUT2D eigenvalue weighted by Crippen LogP contribution is 2.26. The van der Waals surface area contributed by atoms with Crippen LogP contribution >= 0.6 is 0 Å². The summed E-state index contributed by atoms with van der Waals surface area (Å²) in [5.74, 6) is -0.668. The van der Waals surface area contributed by atoms with Gasteiger partial charge in [-0.05, 0) is 60.9 Å². The van der Waals surface area contributed by atoms with Crippen molar-refractivity contribution in [3.8, 4) is 0 Å². The minimum Gasteiger partial charge on any atom is -0.352 e. The van der Waals surface area contributed by atoms with E-state index in [4.69, 9.17) is 0 Å². The van der Waals surface area contributed by atoms with Crippen LogP contribution in [0.3, 0.4) is 0 Å². The summed E-state index contributed by atoms with van der Waals surface area (Å²) < 4.78 is 26.8. The number of aryl methyl sites for hydroxylation is 1. The molecular weight excluding hydrogens is 486 g/mol. The van der Waals surface area contributed by atoms with Crippen LogP contribution in [0.2, 0.25) is 0 Å². The second-order valence-electron chi connectivity index (χ2n) is 10.8. The van der Waals surface area contributed by atoms with E-state index in [2.05, 4.69) is 26.1 Å². The Hall–Kier alpha value is -2.87. The maximum absolute atomic E-state index is 13.8. The first kappa shape index (κ1) is 30.4. The fourth-order valence-corrected chi connectivity index (χ4v) is 4.92. The van der Waals surface area contributed by atoms with Crippen molar-refractivity contribution in [3.63, 3.8) is 0 Å². The molecule has 2 rings (SSSR count). The Labute approximate surface area is 223 Å². The summed E-state index contributed by atoms with van der Waals surface area (Å²) in [6, 6.07) is 14.2. The van der Waals surface area contributed by atoms with Gasteiger partial charge in [0.25, 0.3) is 0 Å². The number of hydrogen-bond acceptors (Lipinski definition) is 4. The molecule has 0 saturated heterocycles. The molecule has 37 heavy (non-hydrogen) atoms. The Morgan fingerprint density at radius 3 is 2.05 bits per heavy atom. The van der Waals surface area contributed by atoms with Gasteiger partial charge < -0.3 is 10.2 Å². The van der Waals surface area contributed by atoms with Gasteiger partial charge in [0.2, 0.25) is 21.8 Å². The molecule has 2 atom stereocenters. The van der Waals surface area contributed by atoms with E-state index in [0.717, 1.165) is 33.7 Å². The Kier molecular flexibility index (Phi) is 10.3. The van der Waals surface area contributed by atoms with Crippen LogP contribution in [0.4, 0.5) is 5.69 Å². The fourth-order valence-electron chi connectivity index (χ4n) is 4.07. The molecule has 0 bridgehead atoms. The molecule has 8 heteroatoms. The summed E-state index contributed by atoms with van der Waals surface area (Å²) in [4.78, 5) is 28.5. The number of rotatable bonds is 11. The molecule has 0 aromatic heterocycles.